The van der Waals surface area contributed by atoms with Gasteiger partial charge in [0, 0.05) is 6.42 Å². The molecule has 0 aliphatic rings. The topological polar surface area (TPSA) is 173 Å². The smallest absolute Gasteiger partial charge is 0.326 e. The summed E-state index contributed by atoms with van der Waals surface area (Å²) >= 11 is 0. The van der Waals surface area contributed by atoms with Crippen molar-refractivity contribution in [2.45, 2.75) is 31.3 Å². The highest BCUT2D eigenvalue weighted by Gasteiger charge is 2.24. The fourth-order valence-electron chi connectivity index (χ4n) is 1.11. The maximum atomic E-state index is 11.4. The third-order valence-electron chi connectivity index (χ3n) is 2.02. The van der Waals surface area contributed by atoms with Gasteiger partial charge in [-0.1, -0.05) is 0 Å². The summed E-state index contributed by atoms with van der Waals surface area (Å²) in [5.74, 6) is -4.23. The lowest BCUT2D eigenvalue weighted by Gasteiger charge is -2.16. The number of aliphatic carboxylic acids is 2. The van der Waals surface area contributed by atoms with Gasteiger partial charge in [0.15, 0.2) is 0 Å². The van der Waals surface area contributed by atoms with Gasteiger partial charge < -0.3 is 27.0 Å². The Hall–Kier alpha value is -2.16. The van der Waals surface area contributed by atoms with E-state index >= 15 is 0 Å². The molecule has 0 fully saturated rings. The molecule has 0 saturated carbocycles. The molecule has 0 aromatic rings. The number of carbonyl (C=O) groups is 4. The van der Waals surface area contributed by atoms with Crippen LogP contribution in [-0.4, -0.2) is 46.0 Å². The molecule has 7 N–H and O–H groups in total. The van der Waals surface area contributed by atoms with E-state index < -0.39 is 48.7 Å². The van der Waals surface area contributed by atoms with Crippen LogP contribution < -0.4 is 16.8 Å². The largest absolute Gasteiger partial charge is 0.481 e. The second kappa shape index (κ2) is 7.22. The molecule has 9 nitrogen and oxygen atoms in total. The van der Waals surface area contributed by atoms with Crippen LogP contribution in [0.25, 0.3) is 0 Å². The van der Waals surface area contributed by atoms with Crippen LogP contribution >= 0.6 is 0 Å². The second-order valence-electron chi connectivity index (χ2n) is 3.61. The Morgan fingerprint density at radius 1 is 1.17 bits per heavy atom. The molecule has 102 valence electrons. The zero-order valence-corrected chi connectivity index (χ0v) is 9.46. The lowest BCUT2D eigenvalue weighted by molar-refractivity contribution is -0.143. The number of hydrogen-bond donors (Lipinski definition) is 5. The highest BCUT2D eigenvalue weighted by Crippen LogP contribution is 1.99. The molecule has 2 atom stereocenters. The maximum absolute atomic E-state index is 11.4. The summed E-state index contributed by atoms with van der Waals surface area (Å²) in [6.07, 6.45) is -1.11. The number of nitrogens with two attached hydrogens (primary N) is 2. The van der Waals surface area contributed by atoms with Crippen LogP contribution in [0, 0.1) is 0 Å². The maximum Gasteiger partial charge on any atom is 0.326 e. The summed E-state index contributed by atoms with van der Waals surface area (Å²) in [5, 5.41) is 19.2. The Morgan fingerprint density at radius 3 is 2.11 bits per heavy atom. The lowest BCUT2D eigenvalue weighted by atomic mass is 10.1. The molecule has 0 heterocycles. The molecule has 0 saturated heterocycles. The Bertz CT molecular complexity index is 356. The average Bonchev–Trinajstić information content (AvgIpc) is 2.21. The molecule has 0 radical (unpaired) electrons. The number of primary amides is 1. The van der Waals surface area contributed by atoms with Crippen molar-refractivity contribution in [1.29, 1.82) is 0 Å². The molecule has 0 rings (SSSR count). The molecule has 0 unspecified atom stereocenters. The second-order valence-corrected chi connectivity index (χ2v) is 3.61. The molecule has 18 heavy (non-hydrogen) atoms. The highest BCUT2D eigenvalue weighted by molar-refractivity contribution is 5.90. The van der Waals surface area contributed by atoms with Crippen molar-refractivity contribution in [2.75, 3.05) is 0 Å². The molecular weight excluding hydrogens is 246 g/mol. The van der Waals surface area contributed by atoms with Crippen molar-refractivity contribution in [3.05, 3.63) is 0 Å². The van der Waals surface area contributed by atoms with Crippen LogP contribution in [0.15, 0.2) is 0 Å². The first-order valence-electron chi connectivity index (χ1n) is 5.03. The van der Waals surface area contributed by atoms with E-state index in [9.17, 15) is 19.2 Å². The third-order valence-corrected chi connectivity index (χ3v) is 2.02. The quantitative estimate of drug-likeness (QED) is 0.324. The van der Waals surface area contributed by atoms with Crippen LogP contribution in [0.3, 0.4) is 0 Å². The minimum absolute atomic E-state index is 0.278. The number of carbonyl (C=O) groups excluding carboxylic acids is 2. The summed E-state index contributed by atoms with van der Waals surface area (Å²) in [7, 11) is 0. The molecule has 0 aliphatic heterocycles. The van der Waals surface area contributed by atoms with Gasteiger partial charge in [-0.3, -0.25) is 14.4 Å². The summed E-state index contributed by atoms with van der Waals surface area (Å²) in [6, 6.07) is -2.62. The Kier molecular flexibility index (Phi) is 6.35. The van der Waals surface area contributed by atoms with Crippen molar-refractivity contribution in [1.82, 2.24) is 5.32 Å². The first kappa shape index (κ1) is 15.8. The van der Waals surface area contributed by atoms with Crippen LogP contribution in [-0.2, 0) is 19.2 Å². The average molecular weight is 261 g/mol. The van der Waals surface area contributed by atoms with Crippen LogP contribution in [0.1, 0.15) is 19.3 Å². The molecular formula is C9H15N3O6. The number of nitrogens with one attached hydrogen (secondary N) is 1. The van der Waals surface area contributed by atoms with Crippen LogP contribution in [0.5, 0.6) is 0 Å². The molecule has 0 aromatic heterocycles. The van der Waals surface area contributed by atoms with Crippen LogP contribution in [0.4, 0.5) is 0 Å². The molecule has 0 spiro atoms. The van der Waals surface area contributed by atoms with Crippen molar-refractivity contribution in [3.63, 3.8) is 0 Å². The minimum Gasteiger partial charge on any atom is -0.481 e. The number of amides is 2. The van der Waals surface area contributed by atoms with Gasteiger partial charge in [0.25, 0.3) is 0 Å². The number of hydrogen-bond acceptors (Lipinski definition) is 5. The van der Waals surface area contributed by atoms with Crippen LogP contribution in [0.2, 0.25) is 0 Å². The van der Waals surface area contributed by atoms with E-state index in [0.717, 1.165) is 0 Å². The fraction of sp³-hybridized carbons (Fsp3) is 0.556. The van der Waals surface area contributed by atoms with Crippen molar-refractivity contribution < 1.29 is 29.4 Å². The zero-order valence-electron chi connectivity index (χ0n) is 9.46. The van der Waals surface area contributed by atoms with Crippen molar-refractivity contribution in [2.24, 2.45) is 11.5 Å². The predicted octanol–water partition coefficient (Wildman–Crippen LogP) is -2.38. The molecule has 0 bridgehead atoms. The molecule has 0 aromatic carbocycles. The molecule has 9 heteroatoms. The van der Waals surface area contributed by atoms with E-state index in [-0.39, 0.29) is 6.42 Å². The van der Waals surface area contributed by atoms with E-state index in [1.807, 2.05) is 5.32 Å². The van der Waals surface area contributed by atoms with Gasteiger partial charge in [0.05, 0.1) is 12.5 Å². The van der Waals surface area contributed by atoms with Gasteiger partial charge in [-0.05, 0) is 6.42 Å². The van der Waals surface area contributed by atoms with Gasteiger partial charge in [-0.25, -0.2) is 4.79 Å². The van der Waals surface area contributed by atoms with Gasteiger partial charge in [0.2, 0.25) is 11.8 Å². The number of rotatable bonds is 8. The van der Waals surface area contributed by atoms with Gasteiger partial charge >= 0.3 is 11.9 Å². The summed E-state index contributed by atoms with van der Waals surface area (Å²) < 4.78 is 0. The fourth-order valence-corrected chi connectivity index (χ4v) is 1.11. The standard InChI is InChI=1S/C9H15N3O6/c10-4(3-6(11)13)8(16)12-5(9(17)18)1-2-7(14)15/h4-5H,1-3,10H2,(H2,11,13)(H,12,16)(H,14,15)(H,17,18)/t4-,5-/m0/s1. The molecule has 0 aliphatic carbocycles. The van der Waals surface area contributed by atoms with Gasteiger partial charge in [-0.2, -0.15) is 0 Å². The zero-order chi connectivity index (χ0) is 14.3. The summed E-state index contributed by atoms with van der Waals surface area (Å²) in [5.41, 5.74) is 10.1. The van der Waals surface area contributed by atoms with E-state index in [1.54, 1.807) is 0 Å². The van der Waals surface area contributed by atoms with E-state index in [2.05, 4.69) is 0 Å². The number of carboxylic acid groups (broad SMARTS) is 2. The summed E-state index contributed by atoms with van der Waals surface area (Å²) in [4.78, 5) is 43.0. The lowest BCUT2D eigenvalue weighted by Crippen LogP contribution is -2.49. The Labute approximate surface area is 102 Å². The highest BCUT2D eigenvalue weighted by atomic mass is 16.4. The predicted molar refractivity (Wildman–Crippen MR) is 58.2 cm³/mol. The first-order valence-corrected chi connectivity index (χ1v) is 5.03. The van der Waals surface area contributed by atoms with E-state index in [1.165, 1.54) is 0 Å². The monoisotopic (exact) mass is 261 g/mol. The minimum atomic E-state index is -1.38. The Balaban J connectivity index is 4.40. The van der Waals surface area contributed by atoms with Gasteiger partial charge in [-0.15, -0.1) is 0 Å². The Morgan fingerprint density at radius 2 is 1.72 bits per heavy atom. The van der Waals surface area contributed by atoms with E-state index in [0.29, 0.717) is 0 Å². The van der Waals surface area contributed by atoms with Crippen molar-refractivity contribution >= 4 is 23.8 Å². The SMILES string of the molecule is NC(=O)C[C@H](N)C(=O)N[C@@H](CCC(=O)O)C(=O)O. The normalized spacial score (nSPS) is 13.4. The number of carboxylic acids is 2. The molecule has 2 amide bonds. The third kappa shape index (κ3) is 6.43. The van der Waals surface area contributed by atoms with Gasteiger partial charge in [0.1, 0.15) is 6.04 Å². The first-order chi connectivity index (χ1) is 8.23. The summed E-state index contributed by atoms with van der Waals surface area (Å²) in [6.45, 7) is 0. The van der Waals surface area contributed by atoms with E-state index in [4.69, 9.17) is 21.7 Å². The van der Waals surface area contributed by atoms with Crippen molar-refractivity contribution in [3.8, 4) is 0 Å².